The smallest absolute Gasteiger partial charge is 0.272 e. The Morgan fingerprint density at radius 3 is 2.42 bits per heavy atom. The first-order valence-electron chi connectivity index (χ1n) is 11.2. The van der Waals surface area contributed by atoms with Crippen molar-refractivity contribution in [1.29, 1.82) is 0 Å². The Hall–Kier alpha value is -4.53. The van der Waals surface area contributed by atoms with E-state index < -0.39 is 11.7 Å². The zero-order chi connectivity index (χ0) is 26.4. The molecule has 9 heteroatoms. The van der Waals surface area contributed by atoms with E-state index in [2.05, 4.69) is 21.9 Å². The molecule has 2 aromatic heterocycles. The molecule has 0 aliphatic rings. The summed E-state index contributed by atoms with van der Waals surface area (Å²) in [5, 5.41) is 2.81. The van der Waals surface area contributed by atoms with Crippen molar-refractivity contribution in [3.8, 4) is 0 Å². The second-order valence-electron chi connectivity index (χ2n) is 8.41. The van der Waals surface area contributed by atoms with Gasteiger partial charge in [-0.05, 0) is 42.8 Å². The second-order valence-corrected chi connectivity index (χ2v) is 8.41. The van der Waals surface area contributed by atoms with E-state index in [0.717, 1.165) is 5.82 Å². The maximum absolute atomic E-state index is 13.5. The van der Waals surface area contributed by atoms with Crippen LogP contribution in [0.2, 0.25) is 0 Å². The fourth-order valence-corrected chi connectivity index (χ4v) is 3.33. The van der Waals surface area contributed by atoms with Crippen molar-refractivity contribution in [2.45, 2.75) is 13.5 Å². The maximum Gasteiger partial charge on any atom is 0.272 e. The number of aryl methyl sites for hydroxylation is 1. The molecule has 3 N–H and O–H groups in total. The Balaban J connectivity index is 1.99. The van der Waals surface area contributed by atoms with Gasteiger partial charge in [0.05, 0.1) is 18.0 Å². The summed E-state index contributed by atoms with van der Waals surface area (Å²) in [5.41, 5.74) is 8.60. The minimum atomic E-state index is -0.499. The number of amides is 1. The normalized spacial score (nSPS) is 12.1. The van der Waals surface area contributed by atoms with Crippen LogP contribution in [0, 0.1) is 5.82 Å². The third-order valence-corrected chi connectivity index (χ3v) is 5.33. The third-order valence-electron chi connectivity index (χ3n) is 5.33. The molecule has 1 amide bonds. The van der Waals surface area contributed by atoms with E-state index in [-0.39, 0.29) is 23.5 Å². The fourth-order valence-electron chi connectivity index (χ4n) is 3.33. The molecule has 0 fully saturated rings. The van der Waals surface area contributed by atoms with Crippen LogP contribution in [0.5, 0.6) is 0 Å². The van der Waals surface area contributed by atoms with Gasteiger partial charge in [0.15, 0.2) is 0 Å². The summed E-state index contributed by atoms with van der Waals surface area (Å²) in [4.78, 5) is 36.1. The van der Waals surface area contributed by atoms with Gasteiger partial charge in [-0.1, -0.05) is 24.8 Å². The number of aliphatic imine (C=N–C) groups is 1. The molecule has 3 aromatic rings. The number of allylic oxidation sites excluding steroid dienone is 2. The number of benzene rings is 1. The molecule has 0 saturated carbocycles. The first-order chi connectivity index (χ1) is 17.1. The van der Waals surface area contributed by atoms with Crippen LogP contribution in [-0.2, 0) is 18.4 Å². The predicted molar refractivity (Wildman–Crippen MR) is 141 cm³/mol. The van der Waals surface area contributed by atoms with Gasteiger partial charge in [0.1, 0.15) is 17.3 Å². The minimum absolute atomic E-state index is 0.00845. The van der Waals surface area contributed by atoms with Gasteiger partial charge in [0.2, 0.25) is 5.56 Å². The summed E-state index contributed by atoms with van der Waals surface area (Å²) in [5.74, 6) is -0.128. The largest absolute Gasteiger partial charge is 0.400 e. The number of hydrogen-bond acceptors (Lipinski definition) is 6. The number of hydrogen-bond donors (Lipinski definition) is 2. The molecule has 0 aliphatic carbocycles. The van der Waals surface area contributed by atoms with Gasteiger partial charge in [-0.2, -0.15) is 0 Å². The highest BCUT2D eigenvalue weighted by Crippen LogP contribution is 2.21. The van der Waals surface area contributed by atoms with Crippen LogP contribution in [0.3, 0.4) is 0 Å². The van der Waals surface area contributed by atoms with E-state index in [4.69, 9.17) is 5.73 Å². The van der Waals surface area contributed by atoms with Gasteiger partial charge < -0.3 is 20.5 Å². The SMILES string of the molecule is C=C(C(=N/C(C(=O)NCc1cccc(N(C)C)n1)=C(\C)N)c1ccc(=O)n(C)c1)c1ccc(F)cc1. The molecule has 3 rings (SSSR count). The van der Waals surface area contributed by atoms with Crippen LogP contribution >= 0.6 is 0 Å². The average molecular weight is 489 g/mol. The van der Waals surface area contributed by atoms with Crippen LogP contribution in [-0.4, -0.2) is 35.3 Å². The van der Waals surface area contributed by atoms with Gasteiger partial charge in [0.25, 0.3) is 5.91 Å². The van der Waals surface area contributed by atoms with Crippen molar-refractivity contribution in [2.24, 2.45) is 17.8 Å². The zero-order valence-electron chi connectivity index (χ0n) is 20.7. The molecule has 0 saturated heterocycles. The van der Waals surface area contributed by atoms with Crippen molar-refractivity contribution in [1.82, 2.24) is 14.9 Å². The molecule has 0 bridgehead atoms. The molecule has 2 heterocycles. The summed E-state index contributed by atoms with van der Waals surface area (Å²) in [6.07, 6.45) is 1.59. The van der Waals surface area contributed by atoms with Gasteiger partial charge >= 0.3 is 0 Å². The first kappa shape index (κ1) is 26.1. The lowest BCUT2D eigenvalue weighted by molar-refractivity contribution is -0.117. The van der Waals surface area contributed by atoms with E-state index in [1.54, 1.807) is 38.4 Å². The van der Waals surface area contributed by atoms with Crippen molar-refractivity contribution in [3.63, 3.8) is 0 Å². The molecular formula is C27H29FN6O2. The van der Waals surface area contributed by atoms with E-state index in [1.165, 1.54) is 22.8 Å². The monoisotopic (exact) mass is 488 g/mol. The lowest BCUT2D eigenvalue weighted by atomic mass is 9.98. The van der Waals surface area contributed by atoms with Gasteiger partial charge in [-0.15, -0.1) is 0 Å². The van der Waals surface area contributed by atoms with Crippen LogP contribution in [0.4, 0.5) is 10.2 Å². The molecule has 36 heavy (non-hydrogen) atoms. The van der Waals surface area contributed by atoms with Crippen molar-refractivity contribution >= 4 is 23.0 Å². The van der Waals surface area contributed by atoms with E-state index in [0.29, 0.717) is 28.1 Å². The molecule has 0 spiro atoms. The van der Waals surface area contributed by atoms with Crippen LogP contribution in [0.1, 0.15) is 23.7 Å². The summed E-state index contributed by atoms with van der Waals surface area (Å²) in [6.45, 7) is 5.86. The third kappa shape index (κ3) is 6.32. The number of carbonyl (C=O) groups is 1. The number of rotatable bonds is 8. The Bertz CT molecular complexity index is 1400. The van der Waals surface area contributed by atoms with Crippen LogP contribution in [0.15, 0.2) is 88.6 Å². The number of anilines is 1. The van der Waals surface area contributed by atoms with E-state index in [9.17, 15) is 14.0 Å². The van der Waals surface area contributed by atoms with Crippen molar-refractivity contribution in [3.05, 3.63) is 112 Å². The average Bonchev–Trinajstić information content (AvgIpc) is 2.85. The Kier molecular flexibility index (Phi) is 8.16. The van der Waals surface area contributed by atoms with E-state index >= 15 is 0 Å². The number of halogens is 1. The number of nitrogens with two attached hydrogens (primary N) is 1. The Morgan fingerprint density at radius 2 is 1.81 bits per heavy atom. The molecule has 0 aliphatic heterocycles. The lowest BCUT2D eigenvalue weighted by Gasteiger charge is -2.15. The lowest BCUT2D eigenvalue weighted by Crippen LogP contribution is -2.27. The first-order valence-corrected chi connectivity index (χ1v) is 11.2. The highest BCUT2D eigenvalue weighted by molar-refractivity contribution is 6.32. The summed E-state index contributed by atoms with van der Waals surface area (Å²) in [7, 11) is 5.37. The van der Waals surface area contributed by atoms with E-state index in [1.807, 2.05) is 37.2 Å². The Labute approximate surface area is 209 Å². The Morgan fingerprint density at radius 1 is 1.14 bits per heavy atom. The summed E-state index contributed by atoms with van der Waals surface area (Å²) < 4.78 is 14.9. The van der Waals surface area contributed by atoms with Crippen molar-refractivity contribution in [2.75, 3.05) is 19.0 Å². The molecule has 0 unspecified atom stereocenters. The summed E-state index contributed by atoms with van der Waals surface area (Å²) >= 11 is 0. The maximum atomic E-state index is 13.5. The minimum Gasteiger partial charge on any atom is -0.400 e. The topological polar surface area (TPSA) is 106 Å². The second kappa shape index (κ2) is 11.3. The van der Waals surface area contributed by atoms with Gasteiger partial charge in [-0.3, -0.25) is 9.59 Å². The number of pyridine rings is 2. The van der Waals surface area contributed by atoms with Gasteiger partial charge in [0, 0.05) is 50.2 Å². The highest BCUT2D eigenvalue weighted by Gasteiger charge is 2.18. The molecule has 1 aromatic carbocycles. The van der Waals surface area contributed by atoms with Crippen molar-refractivity contribution < 1.29 is 9.18 Å². The van der Waals surface area contributed by atoms with Crippen LogP contribution in [0.25, 0.3) is 5.57 Å². The number of carbonyl (C=O) groups excluding carboxylic acids is 1. The molecule has 8 nitrogen and oxygen atoms in total. The highest BCUT2D eigenvalue weighted by atomic mass is 19.1. The quantitative estimate of drug-likeness (QED) is 0.375. The molecule has 0 radical (unpaired) electrons. The number of nitrogens with zero attached hydrogens (tertiary/aromatic N) is 4. The van der Waals surface area contributed by atoms with Crippen LogP contribution < -0.4 is 21.5 Å². The zero-order valence-corrected chi connectivity index (χ0v) is 20.7. The molecular weight excluding hydrogens is 459 g/mol. The standard InChI is InChI=1S/C27H29FN6O2/c1-17(19-9-12-21(28)13-10-19)25(20-11-14-24(35)34(5)16-20)32-26(18(2)29)27(36)30-15-22-7-6-8-23(31-22)33(3)4/h6-14,16H,1,15,29H2,2-5H3,(H,30,36)/b26-18+,32-25?. The molecule has 0 atom stereocenters. The number of aromatic nitrogens is 2. The predicted octanol–water partition coefficient (Wildman–Crippen LogP) is 2.99. The number of nitrogens with one attached hydrogen (secondary N) is 1. The summed E-state index contributed by atoms with van der Waals surface area (Å²) in [6, 6.07) is 14.3. The molecule has 186 valence electrons. The van der Waals surface area contributed by atoms with Gasteiger partial charge in [-0.25, -0.2) is 14.4 Å². The fraction of sp³-hybridized carbons (Fsp3) is 0.185.